The highest BCUT2D eigenvalue weighted by molar-refractivity contribution is 5.12. The van der Waals surface area contributed by atoms with Gasteiger partial charge in [-0.2, -0.15) is 0 Å². The van der Waals surface area contributed by atoms with Gasteiger partial charge in [0.05, 0.1) is 5.60 Å². The molecule has 0 saturated heterocycles. The lowest BCUT2D eigenvalue weighted by atomic mass is 9.76. The monoisotopic (exact) mass is 205 g/mol. The van der Waals surface area contributed by atoms with Gasteiger partial charge in [-0.3, -0.25) is 4.98 Å². The van der Waals surface area contributed by atoms with E-state index >= 15 is 0 Å². The number of hydrogen-bond acceptors (Lipinski definition) is 2. The van der Waals surface area contributed by atoms with Gasteiger partial charge in [0.2, 0.25) is 0 Å². The third kappa shape index (κ3) is 2.78. The summed E-state index contributed by atoms with van der Waals surface area (Å²) >= 11 is 0. The standard InChI is InChI=1S/C13H19NO/c1-11-4-2-6-13(15,8-11)9-12-5-3-7-14-10-12/h3,5,7,10-11,15H,2,4,6,8-9H2,1H3. The Labute approximate surface area is 91.4 Å². The summed E-state index contributed by atoms with van der Waals surface area (Å²) in [4.78, 5) is 4.09. The Hall–Kier alpha value is -0.890. The molecule has 1 saturated carbocycles. The number of hydrogen-bond donors (Lipinski definition) is 1. The molecule has 2 heteroatoms. The second kappa shape index (κ2) is 4.31. The maximum Gasteiger partial charge on any atom is 0.0691 e. The number of pyridine rings is 1. The molecule has 0 bridgehead atoms. The van der Waals surface area contributed by atoms with Crippen LogP contribution >= 0.6 is 0 Å². The molecule has 0 spiro atoms. The van der Waals surface area contributed by atoms with Crippen molar-refractivity contribution < 1.29 is 5.11 Å². The van der Waals surface area contributed by atoms with E-state index in [1.54, 1.807) is 6.20 Å². The van der Waals surface area contributed by atoms with E-state index in [1.807, 2.05) is 18.3 Å². The minimum Gasteiger partial charge on any atom is -0.390 e. The zero-order chi connectivity index (χ0) is 10.7. The zero-order valence-electron chi connectivity index (χ0n) is 9.32. The van der Waals surface area contributed by atoms with Crippen molar-refractivity contribution in [1.82, 2.24) is 4.98 Å². The fourth-order valence-electron chi connectivity index (χ4n) is 2.68. The van der Waals surface area contributed by atoms with Crippen molar-refractivity contribution in [3.63, 3.8) is 0 Å². The zero-order valence-corrected chi connectivity index (χ0v) is 9.32. The Morgan fingerprint density at radius 1 is 1.60 bits per heavy atom. The van der Waals surface area contributed by atoms with Crippen LogP contribution in [0.4, 0.5) is 0 Å². The minimum atomic E-state index is -0.485. The molecule has 1 aliphatic rings. The van der Waals surface area contributed by atoms with Crippen LogP contribution in [0.1, 0.15) is 38.2 Å². The van der Waals surface area contributed by atoms with E-state index in [9.17, 15) is 5.11 Å². The van der Waals surface area contributed by atoms with E-state index in [1.165, 1.54) is 6.42 Å². The Morgan fingerprint density at radius 3 is 3.13 bits per heavy atom. The molecule has 0 aromatic carbocycles. The van der Waals surface area contributed by atoms with Crippen LogP contribution in [0.2, 0.25) is 0 Å². The first kappa shape index (κ1) is 10.6. The first-order valence-electron chi connectivity index (χ1n) is 5.79. The van der Waals surface area contributed by atoms with Gasteiger partial charge in [0, 0.05) is 18.8 Å². The second-order valence-electron chi connectivity index (χ2n) is 4.96. The average molecular weight is 205 g/mol. The predicted octanol–water partition coefficient (Wildman–Crippen LogP) is 2.57. The average Bonchev–Trinajstić information content (AvgIpc) is 2.18. The summed E-state index contributed by atoms with van der Waals surface area (Å²) < 4.78 is 0. The van der Waals surface area contributed by atoms with Crippen molar-refractivity contribution in [2.24, 2.45) is 5.92 Å². The van der Waals surface area contributed by atoms with Crippen molar-refractivity contribution in [1.29, 1.82) is 0 Å². The van der Waals surface area contributed by atoms with Gasteiger partial charge >= 0.3 is 0 Å². The number of aromatic nitrogens is 1. The van der Waals surface area contributed by atoms with Crippen molar-refractivity contribution >= 4 is 0 Å². The van der Waals surface area contributed by atoms with Gasteiger partial charge in [-0.25, -0.2) is 0 Å². The molecule has 2 nitrogen and oxygen atoms in total. The van der Waals surface area contributed by atoms with E-state index in [2.05, 4.69) is 11.9 Å². The largest absolute Gasteiger partial charge is 0.390 e. The van der Waals surface area contributed by atoms with Crippen molar-refractivity contribution in [2.45, 2.75) is 44.6 Å². The molecule has 82 valence electrons. The van der Waals surface area contributed by atoms with Gasteiger partial charge in [-0.15, -0.1) is 0 Å². The molecular formula is C13H19NO. The van der Waals surface area contributed by atoms with Crippen LogP contribution in [0.5, 0.6) is 0 Å². The summed E-state index contributed by atoms with van der Waals surface area (Å²) in [6.45, 7) is 2.23. The molecule has 1 aromatic heterocycles. The third-order valence-electron chi connectivity index (χ3n) is 3.32. The summed E-state index contributed by atoms with van der Waals surface area (Å²) in [5, 5.41) is 10.5. The predicted molar refractivity (Wildman–Crippen MR) is 60.5 cm³/mol. The molecule has 0 radical (unpaired) electrons. The van der Waals surface area contributed by atoms with Crippen molar-refractivity contribution in [3.8, 4) is 0 Å². The maximum atomic E-state index is 10.5. The quantitative estimate of drug-likeness (QED) is 0.805. The van der Waals surface area contributed by atoms with Crippen LogP contribution in [-0.4, -0.2) is 15.7 Å². The van der Waals surface area contributed by atoms with Crippen LogP contribution in [0.25, 0.3) is 0 Å². The van der Waals surface area contributed by atoms with E-state index in [0.717, 1.165) is 31.2 Å². The Bertz CT molecular complexity index is 312. The van der Waals surface area contributed by atoms with E-state index in [4.69, 9.17) is 0 Å². The molecule has 0 amide bonds. The molecule has 2 atom stereocenters. The highest BCUT2D eigenvalue weighted by Crippen LogP contribution is 2.34. The van der Waals surface area contributed by atoms with E-state index in [-0.39, 0.29) is 0 Å². The molecule has 0 aliphatic heterocycles. The van der Waals surface area contributed by atoms with Gasteiger partial charge < -0.3 is 5.11 Å². The van der Waals surface area contributed by atoms with Gasteiger partial charge in [0.1, 0.15) is 0 Å². The topological polar surface area (TPSA) is 33.1 Å². The van der Waals surface area contributed by atoms with Crippen molar-refractivity contribution in [3.05, 3.63) is 30.1 Å². The molecule has 15 heavy (non-hydrogen) atoms. The first-order chi connectivity index (χ1) is 7.18. The summed E-state index contributed by atoms with van der Waals surface area (Å²) in [7, 11) is 0. The van der Waals surface area contributed by atoms with Crippen LogP contribution < -0.4 is 0 Å². The lowest BCUT2D eigenvalue weighted by Crippen LogP contribution is -2.36. The second-order valence-corrected chi connectivity index (χ2v) is 4.96. The highest BCUT2D eigenvalue weighted by atomic mass is 16.3. The van der Waals surface area contributed by atoms with Crippen LogP contribution in [-0.2, 0) is 6.42 Å². The smallest absolute Gasteiger partial charge is 0.0691 e. The van der Waals surface area contributed by atoms with Gasteiger partial charge in [-0.05, 0) is 30.4 Å². The summed E-state index contributed by atoms with van der Waals surface area (Å²) in [5.41, 5.74) is 0.662. The van der Waals surface area contributed by atoms with Gasteiger partial charge in [0.25, 0.3) is 0 Å². The Morgan fingerprint density at radius 2 is 2.47 bits per heavy atom. The van der Waals surface area contributed by atoms with E-state index in [0.29, 0.717) is 5.92 Å². The molecule has 1 heterocycles. The first-order valence-corrected chi connectivity index (χ1v) is 5.79. The minimum absolute atomic E-state index is 0.485. The number of rotatable bonds is 2. The number of aliphatic hydroxyl groups is 1. The van der Waals surface area contributed by atoms with Crippen LogP contribution in [0, 0.1) is 5.92 Å². The maximum absolute atomic E-state index is 10.5. The third-order valence-corrected chi connectivity index (χ3v) is 3.32. The molecule has 1 N–H and O–H groups in total. The lowest BCUT2D eigenvalue weighted by molar-refractivity contribution is -0.0124. The molecule has 2 unspecified atom stereocenters. The fourth-order valence-corrected chi connectivity index (χ4v) is 2.68. The highest BCUT2D eigenvalue weighted by Gasteiger charge is 2.32. The molecule has 1 aliphatic carbocycles. The SMILES string of the molecule is CC1CCCC(O)(Cc2cccnc2)C1. The summed E-state index contributed by atoms with van der Waals surface area (Å²) in [5.74, 6) is 0.653. The molecular weight excluding hydrogens is 186 g/mol. The lowest BCUT2D eigenvalue weighted by Gasteiger charge is -2.35. The van der Waals surface area contributed by atoms with Crippen LogP contribution in [0.15, 0.2) is 24.5 Å². The van der Waals surface area contributed by atoms with Crippen LogP contribution in [0.3, 0.4) is 0 Å². The Kier molecular flexibility index (Phi) is 3.06. The fraction of sp³-hybridized carbons (Fsp3) is 0.615. The van der Waals surface area contributed by atoms with Crippen molar-refractivity contribution in [2.75, 3.05) is 0 Å². The van der Waals surface area contributed by atoms with Gasteiger partial charge in [0.15, 0.2) is 0 Å². The summed E-state index contributed by atoms with van der Waals surface area (Å²) in [6.07, 6.45) is 8.67. The number of nitrogens with zero attached hydrogens (tertiary/aromatic N) is 1. The molecule has 1 aromatic rings. The van der Waals surface area contributed by atoms with Gasteiger partial charge in [-0.1, -0.05) is 25.8 Å². The molecule has 1 fully saturated rings. The normalized spacial score (nSPS) is 31.5. The Balaban J connectivity index is 2.04. The molecule has 2 rings (SSSR count). The summed E-state index contributed by atoms with van der Waals surface area (Å²) in [6, 6.07) is 3.98. The van der Waals surface area contributed by atoms with E-state index < -0.39 is 5.60 Å².